The summed E-state index contributed by atoms with van der Waals surface area (Å²) in [5.74, 6) is -0.897. The van der Waals surface area contributed by atoms with E-state index >= 15 is 0 Å². The van der Waals surface area contributed by atoms with Crippen LogP contribution in [0, 0.1) is 0 Å². The van der Waals surface area contributed by atoms with E-state index in [1.54, 1.807) is 12.1 Å². The van der Waals surface area contributed by atoms with E-state index in [0.717, 1.165) is 0 Å². The summed E-state index contributed by atoms with van der Waals surface area (Å²) in [5.41, 5.74) is 5.69. The second-order valence-electron chi connectivity index (χ2n) is 4.72. The highest BCUT2D eigenvalue weighted by molar-refractivity contribution is 5.80. The number of carbonyl (C=O) groups excluding carboxylic acids is 1. The molecule has 7 heteroatoms. The lowest BCUT2D eigenvalue weighted by atomic mass is 9.85. The fourth-order valence-electron chi connectivity index (χ4n) is 2.45. The summed E-state index contributed by atoms with van der Waals surface area (Å²) in [6.45, 7) is 0.526. The molecule has 0 aromatic heterocycles. The van der Waals surface area contributed by atoms with Gasteiger partial charge in [0.2, 0.25) is 5.91 Å². The molecule has 2 atom stereocenters. The van der Waals surface area contributed by atoms with Crippen molar-refractivity contribution in [2.75, 3.05) is 6.54 Å². The van der Waals surface area contributed by atoms with Gasteiger partial charge in [-0.05, 0) is 36.9 Å². The Hall–Kier alpha value is -1.76. The third-order valence-corrected chi connectivity index (χ3v) is 3.33. The van der Waals surface area contributed by atoms with Gasteiger partial charge in [-0.2, -0.15) is 0 Å². The Morgan fingerprint density at radius 3 is 2.70 bits per heavy atom. The maximum atomic E-state index is 12.4. The number of nitrogens with two attached hydrogens (primary N) is 1. The van der Waals surface area contributed by atoms with Crippen molar-refractivity contribution in [1.29, 1.82) is 0 Å². The van der Waals surface area contributed by atoms with Gasteiger partial charge in [0.1, 0.15) is 5.75 Å². The van der Waals surface area contributed by atoms with Crippen molar-refractivity contribution < 1.29 is 22.7 Å². The Labute approximate surface area is 114 Å². The number of para-hydroxylation sites is 1. The van der Waals surface area contributed by atoms with Gasteiger partial charge < -0.3 is 15.8 Å². The molecule has 1 aliphatic heterocycles. The van der Waals surface area contributed by atoms with Crippen LogP contribution in [0.25, 0.3) is 0 Å². The summed E-state index contributed by atoms with van der Waals surface area (Å²) in [7, 11) is 0. The van der Waals surface area contributed by atoms with Crippen LogP contribution in [-0.4, -0.2) is 24.9 Å². The predicted molar refractivity (Wildman–Crippen MR) is 66.1 cm³/mol. The van der Waals surface area contributed by atoms with E-state index in [0.29, 0.717) is 24.9 Å². The van der Waals surface area contributed by atoms with Crippen LogP contribution < -0.4 is 15.8 Å². The van der Waals surface area contributed by atoms with Crippen molar-refractivity contribution in [3.05, 3.63) is 29.8 Å². The molecular weight excluding hydrogens is 273 g/mol. The fourth-order valence-corrected chi connectivity index (χ4v) is 2.45. The first-order valence-corrected chi connectivity index (χ1v) is 6.24. The number of hydrogen-bond acceptors (Lipinski definition) is 3. The molecule has 2 unspecified atom stereocenters. The first kappa shape index (κ1) is 14.6. The van der Waals surface area contributed by atoms with Gasteiger partial charge in [0.25, 0.3) is 0 Å². The fraction of sp³-hybridized carbons (Fsp3) is 0.462. The van der Waals surface area contributed by atoms with Crippen LogP contribution in [-0.2, 0) is 4.79 Å². The summed E-state index contributed by atoms with van der Waals surface area (Å²) < 4.78 is 41.2. The second-order valence-corrected chi connectivity index (χ2v) is 4.72. The van der Waals surface area contributed by atoms with E-state index in [9.17, 15) is 18.0 Å². The average Bonchev–Trinajstić information content (AvgIpc) is 2.37. The van der Waals surface area contributed by atoms with E-state index in [1.807, 2.05) is 0 Å². The van der Waals surface area contributed by atoms with Gasteiger partial charge in [0, 0.05) is 0 Å². The van der Waals surface area contributed by atoms with E-state index < -0.39 is 18.3 Å². The molecular formula is C13H15F3N2O2. The Balaban J connectivity index is 2.21. The maximum Gasteiger partial charge on any atom is 0.573 e. The molecule has 0 radical (unpaired) electrons. The molecule has 1 fully saturated rings. The number of benzene rings is 1. The number of primary amides is 1. The van der Waals surface area contributed by atoms with Crippen molar-refractivity contribution in [2.24, 2.45) is 5.73 Å². The molecule has 4 nitrogen and oxygen atoms in total. The molecule has 1 aromatic carbocycles. The van der Waals surface area contributed by atoms with Gasteiger partial charge in [-0.1, -0.05) is 18.2 Å². The van der Waals surface area contributed by atoms with Crippen molar-refractivity contribution in [3.8, 4) is 5.75 Å². The molecule has 3 N–H and O–H groups in total. The molecule has 1 heterocycles. The summed E-state index contributed by atoms with van der Waals surface area (Å²) in [6, 6.07) is 5.49. The molecule has 110 valence electrons. The molecule has 0 spiro atoms. The summed E-state index contributed by atoms with van der Waals surface area (Å²) in [6.07, 6.45) is -3.73. The van der Waals surface area contributed by atoms with Gasteiger partial charge in [-0.15, -0.1) is 13.2 Å². The number of hydrogen-bond donors (Lipinski definition) is 2. The van der Waals surface area contributed by atoms with Crippen LogP contribution in [0.5, 0.6) is 5.75 Å². The minimum atomic E-state index is -4.73. The number of rotatable bonds is 3. The molecule has 1 aromatic rings. The van der Waals surface area contributed by atoms with Crippen LogP contribution in [0.15, 0.2) is 24.3 Å². The number of carbonyl (C=O) groups is 1. The third-order valence-electron chi connectivity index (χ3n) is 3.33. The van der Waals surface area contributed by atoms with Crippen molar-refractivity contribution in [3.63, 3.8) is 0 Å². The molecule has 20 heavy (non-hydrogen) atoms. The van der Waals surface area contributed by atoms with Crippen molar-refractivity contribution in [2.45, 2.75) is 31.2 Å². The summed E-state index contributed by atoms with van der Waals surface area (Å²) >= 11 is 0. The smallest absolute Gasteiger partial charge is 0.405 e. The molecule has 1 saturated heterocycles. The number of halogens is 3. The average molecular weight is 288 g/mol. The van der Waals surface area contributed by atoms with Gasteiger partial charge >= 0.3 is 6.36 Å². The minimum Gasteiger partial charge on any atom is -0.405 e. The van der Waals surface area contributed by atoms with Gasteiger partial charge in [-0.25, -0.2) is 0 Å². The monoisotopic (exact) mass is 288 g/mol. The molecule has 1 aliphatic rings. The maximum absolute atomic E-state index is 12.4. The Morgan fingerprint density at radius 1 is 1.35 bits per heavy atom. The zero-order chi connectivity index (χ0) is 14.8. The summed E-state index contributed by atoms with van der Waals surface area (Å²) in [5, 5.41) is 2.95. The highest BCUT2D eigenvalue weighted by Gasteiger charge is 2.34. The van der Waals surface area contributed by atoms with Gasteiger partial charge in [0.05, 0.1) is 6.04 Å². The van der Waals surface area contributed by atoms with Gasteiger partial charge in [-0.3, -0.25) is 4.79 Å². The molecule has 0 aliphatic carbocycles. The van der Waals surface area contributed by atoms with Gasteiger partial charge in [0.15, 0.2) is 0 Å². The minimum absolute atomic E-state index is 0.188. The molecule has 0 saturated carbocycles. The van der Waals surface area contributed by atoms with Crippen molar-refractivity contribution in [1.82, 2.24) is 5.32 Å². The van der Waals surface area contributed by atoms with E-state index in [-0.39, 0.29) is 11.7 Å². The van der Waals surface area contributed by atoms with Crippen LogP contribution in [0.1, 0.15) is 24.3 Å². The molecule has 2 rings (SSSR count). The summed E-state index contributed by atoms with van der Waals surface area (Å²) in [4.78, 5) is 11.2. The van der Waals surface area contributed by atoms with Crippen molar-refractivity contribution >= 4 is 5.91 Å². The lowest BCUT2D eigenvalue weighted by Crippen LogP contribution is -2.46. The number of nitrogens with one attached hydrogen (secondary N) is 1. The first-order chi connectivity index (χ1) is 9.37. The quantitative estimate of drug-likeness (QED) is 0.893. The van der Waals surface area contributed by atoms with E-state index in [4.69, 9.17) is 5.73 Å². The highest BCUT2D eigenvalue weighted by atomic mass is 19.4. The van der Waals surface area contributed by atoms with E-state index in [1.165, 1.54) is 12.1 Å². The Bertz CT molecular complexity index is 491. The normalized spacial score (nSPS) is 23.4. The predicted octanol–water partition coefficient (Wildman–Crippen LogP) is 1.91. The number of piperidine rings is 1. The highest BCUT2D eigenvalue weighted by Crippen LogP contribution is 2.36. The Morgan fingerprint density at radius 2 is 2.05 bits per heavy atom. The van der Waals surface area contributed by atoms with E-state index in [2.05, 4.69) is 10.1 Å². The third kappa shape index (κ3) is 3.63. The number of alkyl halides is 3. The largest absolute Gasteiger partial charge is 0.573 e. The van der Waals surface area contributed by atoms with Crippen LogP contribution in [0.4, 0.5) is 13.2 Å². The second kappa shape index (κ2) is 5.70. The lowest BCUT2D eigenvalue weighted by molar-refractivity contribution is -0.275. The topological polar surface area (TPSA) is 64.4 Å². The zero-order valence-corrected chi connectivity index (χ0v) is 10.6. The number of amides is 1. The Kier molecular flexibility index (Phi) is 4.17. The van der Waals surface area contributed by atoms with Crippen LogP contribution in [0.2, 0.25) is 0 Å². The molecule has 1 amide bonds. The van der Waals surface area contributed by atoms with Crippen LogP contribution in [0.3, 0.4) is 0 Å². The zero-order valence-electron chi connectivity index (χ0n) is 10.6. The standard InChI is InChI=1S/C13H15F3N2O2/c14-13(15,16)20-11-4-2-1-3-9(11)8-5-6-18-10(7-8)12(17)19/h1-4,8,10,18H,5-7H2,(H2,17,19). The lowest BCUT2D eigenvalue weighted by Gasteiger charge is -2.29. The SMILES string of the molecule is NC(=O)C1CC(c2ccccc2OC(F)(F)F)CCN1. The number of ether oxygens (including phenoxy) is 1. The van der Waals surface area contributed by atoms with Crippen LogP contribution >= 0.6 is 0 Å². The molecule has 0 bridgehead atoms. The first-order valence-electron chi connectivity index (χ1n) is 6.24.